The molecule has 0 amide bonds. The molecular weight excluding hydrogens is 1420 g/mol. The van der Waals surface area contributed by atoms with E-state index in [-0.39, 0.29) is 0 Å². The molecule has 0 bridgehead atoms. The summed E-state index contributed by atoms with van der Waals surface area (Å²) < 4.78 is 15.0. The Morgan fingerprint density at radius 2 is 0.447 bits per heavy atom. The summed E-state index contributed by atoms with van der Waals surface area (Å²) in [7, 11) is 0. The van der Waals surface area contributed by atoms with Crippen molar-refractivity contribution in [2.75, 3.05) is 0 Å². The Hall–Kier alpha value is -14.4. The molecule has 0 atom stereocenters. The first-order chi connectivity index (χ1) is 56.5. The average Bonchev–Trinajstić information content (AvgIpc) is 1.56. The molecule has 6 heterocycles. The lowest BCUT2D eigenvalue weighted by Crippen LogP contribution is -1.94. The van der Waals surface area contributed by atoms with Crippen LogP contribution in [0.1, 0.15) is 0 Å². The minimum atomic E-state index is 1.16. The lowest BCUT2D eigenvalue weighted by Gasteiger charge is -2.11. The molecule has 0 unspecified atom stereocenters. The van der Waals surface area contributed by atoms with Gasteiger partial charge in [0.05, 0.1) is 44.1 Å². The molecule has 6 heteroatoms. The van der Waals surface area contributed by atoms with Crippen molar-refractivity contribution in [2.24, 2.45) is 0 Å². The molecule has 24 aromatic rings. The third-order valence-electron chi connectivity index (χ3n) is 23.4. The number of hydrogen-bond acceptors (Lipinski definition) is 2. The zero-order chi connectivity index (χ0) is 74.9. The first-order valence-corrected chi connectivity index (χ1v) is 40.6. The third kappa shape index (κ3) is 10.8. The standard InChI is InChI=1S/2C54H34N2S/c1-3-12-35(13-4-1)37-22-26-41(27-23-37)55-49-20-9-7-18-43(49)45-31-39(24-28-50(45)55)40-25-29-51-46(32-40)47-34-54-48(44-19-8-10-21-53(44)57-54)33-52(47)56(51)42-17-11-16-38(30-42)36-14-5-2-6-15-36;1-3-12-35(13-4-1)37-22-26-41(27-23-37)55-47-20-9-7-18-43(47)45-33-39(24-28-48(45)55)40-25-29-49-46(34-40)53-50(30-31-52-54(53)44-19-8-10-21-51(44)57-52)56(49)42-17-11-16-38(32-42)36-14-5-2-6-15-36/h2*1-34H. The molecule has 18 aromatic carbocycles. The Morgan fingerprint density at radius 1 is 0.132 bits per heavy atom. The van der Waals surface area contributed by atoms with Gasteiger partial charge in [0.1, 0.15) is 0 Å². The summed E-state index contributed by atoms with van der Waals surface area (Å²) in [6, 6.07) is 151. The van der Waals surface area contributed by atoms with Gasteiger partial charge in [-0.2, -0.15) is 0 Å². The minimum Gasteiger partial charge on any atom is -0.309 e. The van der Waals surface area contributed by atoms with Gasteiger partial charge in [-0.1, -0.05) is 267 Å². The third-order valence-corrected chi connectivity index (χ3v) is 25.7. The molecule has 532 valence electrons. The predicted molar refractivity (Wildman–Crippen MR) is 489 cm³/mol. The van der Waals surface area contributed by atoms with Crippen LogP contribution in [0.25, 0.3) is 217 Å². The van der Waals surface area contributed by atoms with Gasteiger partial charge < -0.3 is 18.3 Å². The minimum absolute atomic E-state index is 1.16. The maximum Gasteiger partial charge on any atom is 0.0548 e. The van der Waals surface area contributed by atoms with Gasteiger partial charge in [0.25, 0.3) is 0 Å². The van der Waals surface area contributed by atoms with Crippen molar-refractivity contribution in [1.82, 2.24) is 18.3 Å². The summed E-state index contributed by atoms with van der Waals surface area (Å²) in [6.45, 7) is 0. The lowest BCUT2D eigenvalue weighted by atomic mass is 9.99. The number of thiophene rings is 2. The summed E-state index contributed by atoms with van der Waals surface area (Å²) in [5.74, 6) is 0. The van der Waals surface area contributed by atoms with Gasteiger partial charge in [0.15, 0.2) is 0 Å². The van der Waals surface area contributed by atoms with Crippen molar-refractivity contribution in [1.29, 1.82) is 0 Å². The molecule has 24 rings (SSSR count). The van der Waals surface area contributed by atoms with Crippen LogP contribution in [0.2, 0.25) is 0 Å². The molecule has 0 fully saturated rings. The Kier molecular flexibility index (Phi) is 15.3. The lowest BCUT2D eigenvalue weighted by molar-refractivity contribution is 1.18. The smallest absolute Gasteiger partial charge is 0.0548 e. The van der Waals surface area contributed by atoms with E-state index in [9.17, 15) is 0 Å². The second kappa shape index (κ2) is 26.7. The van der Waals surface area contributed by atoms with Gasteiger partial charge >= 0.3 is 0 Å². The van der Waals surface area contributed by atoms with E-state index in [4.69, 9.17) is 0 Å². The number of para-hydroxylation sites is 2. The SMILES string of the molecule is c1ccc(-c2ccc(-n3c4ccccc4c4cc(-c5ccc6c(c5)c5c7c(ccc5n6-c5cccc(-c6ccccc6)c5)sc5ccccc57)ccc43)cc2)cc1.c1ccc(-c2ccc(-n3c4ccccc4c4cc(-c5ccc6c(c5)c5cc7sc8ccccc8c7cc5n6-c5cccc(-c6ccccc6)c5)ccc43)cc2)cc1. The van der Waals surface area contributed by atoms with Crippen LogP contribution < -0.4 is 0 Å². The van der Waals surface area contributed by atoms with E-state index in [1.807, 2.05) is 22.7 Å². The van der Waals surface area contributed by atoms with Gasteiger partial charge in [-0.25, -0.2) is 0 Å². The molecule has 0 spiro atoms. The molecule has 114 heavy (non-hydrogen) atoms. The monoisotopic (exact) mass is 1480 g/mol. The normalized spacial score (nSPS) is 11.9. The van der Waals surface area contributed by atoms with E-state index in [0.717, 1.165) is 22.7 Å². The molecule has 0 aliphatic rings. The van der Waals surface area contributed by atoms with Crippen LogP contribution in [0, 0.1) is 0 Å². The Bertz CT molecular complexity index is 7850. The van der Waals surface area contributed by atoms with Crippen LogP contribution in [0.15, 0.2) is 413 Å². The van der Waals surface area contributed by atoms with Crippen LogP contribution in [-0.2, 0) is 0 Å². The number of nitrogens with zero attached hydrogens (tertiary/aromatic N) is 4. The fourth-order valence-corrected chi connectivity index (χ4v) is 20.4. The summed E-state index contributed by atoms with van der Waals surface area (Å²) in [4.78, 5) is 0. The second-order valence-electron chi connectivity index (χ2n) is 29.9. The first-order valence-electron chi connectivity index (χ1n) is 39.0. The number of hydrogen-bond donors (Lipinski definition) is 0. The fourth-order valence-electron chi connectivity index (χ4n) is 18.1. The number of fused-ring (bicyclic) bond motifs is 19. The zero-order valence-corrected chi connectivity index (χ0v) is 63.5. The van der Waals surface area contributed by atoms with E-state index in [2.05, 4.69) is 431 Å². The number of benzene rings is 18. The molecule has 0 aliphatic heterocycles. The van der Waals surface area contributed by atoms with E-state index in [1.165, 1.54) is 194 Å². The summed E-state index contributed by atoms with van der Waals surface area (Å²) in [5, 5.41) is 15.4. The van der Waals surface area contributed by atoms with Crippen molar-refractivity contribution < 1.29 is 0 Å². The fraction of sp³-hybridized carbons (Fsp3) is 0. The molecule has 4 nitrogen and oxygen atoms in total. The van der Waals surface area contributed by atoms with E-state index in [0.29, 0.717) is 0 Å². The van der Waals surface area contributed by atoms with E-state index >= 15 is 0 Å². The highest BCUT2D eigenvalue weighted by Gasteiger charge is 2.23. The Morgan fingerprint density at radius 3 is 0.939 bits per heavy atom. The molecule has 0 saturated carbocycles. The van der Waals surface area contributed by atoms with Crippen LogP contribution in [0.3, 0.4) is 0 Å². The molecule has 6 aromatic heterocycles. The maximum atomic E-state index is 2.46. The summed E-state index contributed by atoms with van der Waals surface area (Å²) >= 11 is 3.76. The Balaban J connectivity index is 0.000000135. The van der Waals surface area contributed by atoms with Gasteiger partial charge in [0, 0.05) is 106 Å². The highest BCUT2D eigenvalue weighted by Crippen LogP contribution is 2.48. The Labute approximate surface area is 665 Å². The van der Waals surface area contributed by atoms with Gasteiger partial charge in [0.2, 0.25) is 0 Å². The second-order valence-corrected chi connectivity index (χ2v) is 32.0. The van der Waals surface area contributed by atoms with Crippen LogP contribution in [-0.4, -0.2) is 18.3 Å². The highest BCUT2D eigenvalue weighted by molar-refractivity contribution is 7.26. The van der Waals surface area contributed by atoms with Crippen LogP contribution in [0.5, 0.6) is 0 Å². The van der Waals surface area contributed by atoms with Crippen molar-refractivity contribution in [2.45, 2.75) is 0 Å². The van der Waals surface area contributed by atoms with Crippen LogP contribution in [0.4, 0.5) is 0 Å². The zero-order valence-electron chi connectivity index (χ0n) is 61.9. The largest absolute Gasteiger partial charge is 0.309 e. The number of rotatable bonds is 10. The summed E-state index contributed by atoms with van der Waals surface area (Å²) in [5.41, 5.74) is 28.9. The van der Waals surface area contributed by atoms with Gasteiger partial charge in [-0.3, -0.25) is 0 Å². The van der Waals surface area contributed by atoms with Crippen molar-refractivity contribution in [3.8, 4) is 89.5 Å². The predicted octanol–water partition coefficient (Wildman–Crippen LogP) is 30.5. The molecule has 0 N–H and O–H groups in total. The van der Waals surface area contributed by atoms with Gasteiger partial charge in [-0.15, -0.1) is 22.7 Å². The molecule has 0 saturated heterocycles. The first kappa shape index (κ1) is 65.5. The molecule has 0 aliphatic carbocycles. The number of aromatic nitrogens is 4. The van der Waals surface area contributed by atoms with Crippen molar-refractivity contribution >= 4 is 150 Å². The van der Waals surface area contributed by atoms with E-state index in [1.54, 1.807) is 0 Å². The molecule has 0 radical (unpaired) electrons. The van der Waals surface area contributed by atoms with Crippen molar-refractivity contribution in [3.63, 3.8) is 0 Å². The van der Waals surface area contributed by atoms with E-state index < -0.39 is 0 Å². The van der Waals surface area contributed by atoms with Crippen molar-refractivity contribution in [3.05, 3.63) is 413 Å². The average molecular weight is 1490 g/mol. The highest BCUT2D eigenvalue weighted by atomic mass is 32.1. The molecular formula is C108H68N4S2. The maximum absolute atomic E-state index is 2.46. The summed E-state index contributed by atoms with van der Waals surface area (Å²) in [6.07, 6.45) is 0. The van der Waals surface area contributed by atoms with Gasteiger partial charge in [-0.05, 0) is 212 Å². The quantitative estimate of drug-likeness (QED) is 0.130. The topological polar surface area (TPSA) is 19.7 Å². The van der Waals surface area contributed by atoms with Crippen LogP contribution >= 0.6 is 22.7 Å².